The molecule has 2 heterocycles. The van der Waals surface area contributed by atoms with Gasteiger partial charge in [0.15, 0.2) is 0 Å². The summed E-state index contributed by atoms with van der Waals surface area (Å²) < 4.78 is 0. The van der Waals surface area contributed by atoms with E-state index in [2.05, 4.69) is 0 Å². The van der Waals surface area contributed by atoms with E-state index < -0.39 is 11.6 Å². The number of nitrogens with zero attached hydrogens (tertiary/aromatic N) is 3. The summed E-state index contributed by atoms with van der Waals surface area (Å²) in [5, 5.41) is 19.5. The van der Waals surface area contributed by atoms with Gasteiger partial charge in [0, 0.05) is 12.2 Å². The number of fused-ring (bicyclic) bond motifs is 1. The minimum Gasteiger partial charge on any atom is -0.391 e. The zero-order valence-electron chi connectivity index (χ0n) is 11.9. The van der Waals surface area contributed by atoms with Crippen molar-refractivity contribution in [3.8, 4) is 6.07 Å². The second-order valence-corrected chi connectivity index (χ2v) is 6.24. The van der Waals surface area contributed by atoms with Crippen molar-refractivity contribution in [1.29, 1.82) is 5.26 Å². The molecule has 2 aliphatic rings. The number of urea groups is 1. The molecule has 2 amide bonds. The smallest absolute Gasteiger partial charge is 0.325 e. The Bertz CT molecular complexity index is 670. The highest BCUT2D eigenvalue weighted by molar-refractivity contribution is 6.33. The van der Waals surface area contributed by atoms with E-state index in [1.807, 2.05) is 13.0 Å². The lowest BCUT2D eigenvalue weighted by Crippen LogP contribution is -2.46. The fourth-order valence-electron chi connectivity index (χ4n) is 3.28. The Hall–Kier alpha value is -1.77. The molecule has 0 radical (unpaired) electrons. The number of aliphatic hydroxyl groups excluding tert-OH is 1. The SMILES string of the molecule is Cc1c(N2CC3(C)C(O)CCN3C2=O)ccc(C#N)c1Cl. The Morgan fingerprint density at radius 2 is 2.24 bits per heavy atom. The third-order valence-electron chi connectivity index (χ3n) is 4.67. The molecule has 110 valence electrons. The van der Waals surface area contributed by atoms with E-state index in [0.29, 0.717) is 41.3 Å². The van der Waals surface area contributed by atoms with Gasteiger partial charge >= 0.3 is 6.03 Å². The van der Waals surface area contributed by atoms with E-state index in [1.54, 1.807) is 28.9 Å². The van der Waals surface area contributed by atoms with Crippen LogP contribution >= 0.6 is 11.6 Å². The second-order valence-electron chi connectivity index (χ2n) is 5.87. The first-order valence-corrected chi connectivity index (χ1v) is 7.24. The molecule has 3 rings (SSSR count). The number of anilines is 1. The van der Waals surface area contributed by atoms with Crippen molar-refractivity contribution in [3.05, 3.63) is 28.3 Å². The summed E-state index contributed by atoms with van der Waals surface area (Å²) in [5.41, 5.74) is 1.26. The van der Waals surface area contributed by atoms with E-state index >= 15 is 0 Å². The summed E-state index contributed by atoms with van der Waals surface area (Å²) in [6.45, 7) is 4.70. The molecule has 0 aliphatic carbocycles. The van der Waals surface area contributed by atoms with Gasteiger partial charge < -0.3 is 10.0 Å². The molecule has 1 N–H and O–H groups in total. The molecule has 21 heavy (non-hydrogen) atoms. The van der Waals surface area contributed by atoms with Crippen LogP contribution in [0, 0.1) is 18.3 Å². The van der Waals surface area contributed by atoms with Gasteiger partial charge in [-0.25, -0.2) is 4.79 Å². The molecule has 0 aromatic heterocycles. The summed E-state index contributed by atoms with van der Waals surface area (Å²) in [5.74, 6) is 0. The minimum absolute atomic E-state index is 0.113. The normalized spacial score (nSPS) is 28.0. The first-order valence-electron chi connectivity index (χ1n) is 6.86. The predicted octanol–water partition coefficient (Wildman–Crippen LogP) is 2.29. The highest BCUT2D eigenvalue weighted by atomic mass is 35.5. The van der Waals surface area contributed by atoms with Crippen molar-refractivity contribution < 1.29 is 9.90 Å². The summed E-state index contributed by atoms with van der Waals surface area (Å²) >= 11 is 6.19. The van der Waals surface area contributed by atoms with Gasteiger partial charge in [-0.3, -0.25) is 4.90 Å². The van der Waals surface area contributed by atoms with Crippen LogP contribution in [0.5, 0.6) is 0 Å². The molecule has 2 saturated heterocycles. The average Bonchev–Trinajstić information content (AvgIpc) is 2.88. The molecule has 2 atom stereocenters. The van der Waals surface area contributed by atoms with Gasteiger partial charge in [-0.15, -0.1) is 0 Å². The zero-order chi connectivity index (χ0) is 15.4. The molecular formula is C15H16ClN3O2. The molecule has 2 unspecified atom stereocenters. The van der Waals surface area contributed by atoms with Crippen molar-refractivity contribution in [2.24, 2.45) is 0 Å². The standard InChI is InChI=1S/C15H16ClN3O2/c1-9-11(4-3-10(7-17)13(9)16)18-8-15(2)12(20)5-6-19(15)14(18)21/h3-4,12,20H,5-6,8H2,1-2H3. The largest absolute Gasteiger partial charge is 0.391 e. The van der Waals surface area contributed by atoms with Crippen LogP contribution in [0.3, 0.4) is 0 Å². The van der Waals surface area contributed by atoms with Crippen LogP contribution in [0.15, 0.2) is 12.1 Å². The number of benzene rings is 1. The van der Waals surface area contributed by atoms with Crippen LogP contribution in [0.2, 0.25) is 5.02 Å². The van der Waals surface area contributed by atoms with Crippen LogP contribution < -0.4 is 4.90 Å². The number of hydrogen-bond acceptors (Lipinski definition) is 3. The number of nitriles is 1. The summed E-state index contributed by atoms with van der Waals surface area (Å²) in [6, 6.07) is 5.29. The lowest BCUT2D eigenvalue weighted by molar-refractivity contribution is 0.0829. The molecule has 0 spiro atoms. The second kappa shape index (κ2) is 4.62. The van der Waals surface area contributed by atoms with E-state index in [-0.39, 0.29) is 6.03 Å². The maximum absolute atomic E-state index is 12.6. The van der Waals surface area contributed by atoms with Crippen LogP contribution in [0.1, 0.15) is 24.5 Å². The lowest BCUT2D eigenvalue weighted by Gasteiger charge is -2.28. The third kappa shape index (κ3) is 1.83. The highest BCUT2D eigenvalue weighted by Crippen LogP contribution is 2.40. The van der Waals surface area contributed by atoms with Crippen LogP contribution in [-0.4, -0.2) is 40.8 Å². The van der Waals surface area contributed by atoms with Crippen molar-refractivity contribution in [3.63, 3.8) is 0 Å². The van der Waals surface area contributed by atoms with Crippen molar-refractivity contribution in [2.75, 3.05) is 18.0 Å². The average molecular weight is 306 g/mol. The van der Waals surface area contributed by atoms with E-state index in [4.69, 9.17) is 16.9 Å². The lowest BCUT2D eigenvalue weighted by atomic mass is 9.96. The van der Waals surface area contributed by atoms with Gasteiger partial charge in [0.25, 0.3) is 0 Å². The summed E-state index contributed by atoms with van der Waals surface area (Å²) in [7, 11) is 0. The molecule has 0 saturated carbocycles. The quantitative estimate of drug-likeness (QED) is 0.865. The van der Waals surface area contributed by atoms with Gasteiger partial charge in [-0.2, -0.15) is 5.26 Å². The molecule has 2 fully saturated rings. The Kier molecular flexibility index (Phi) is 3.12. The van der Waals surface area contributed by atoms with Crippen LogP contribution in [-0.2, 0) is 0 Å². The molecule has 6 heteroatoms. The molecule has 5 nitrogen and oxygen atoms in total. The number of amides is 2. The Morgan fingerprint density at radius 1 is 1.52 bits per heavy atom. The van der Waals surface area contributed by atoms with Crippen LogP contribution in [0.25, 0.3) is 0 Å². The first-order chi connectivity index (χ1) is 9.90. The van der Waals surface area contributed by atoms with Crippen molar-refractivity contribution >= 4 is 23.3 Å². The van der Waals surface area contributed by atoms with Gasteiger partial charge in [-0.1, -0.05) is 11.6 Å². The molecule has 1 aromatic rings. The summed E-state index contributed by atoms with van der Waals surface area (Å²) in [4.78, 5) is 16.0. The highest BCUT2D eigenvalue weighted by Gasteiger charge is 2.54. The topological polar surface area (TPSA) is 67.6 Å². The Morgan fingerprint density at radius 3 is 2.86 bits per heavy atom. The minimum atomic E-state index is -0.552. The number of rotatable bonds is 1. The number of hydrogen-bond donors (Lipinski definition) is 1. The number of halogens is 1. The fourth-order valence-corrected chi connectivity index (χ4v) is 3.48. The van der Waals surface area contributed by atoms with E-state index in [9.17, 15) is 9.90 Å². The number of carbonyl (C=O) groups excluding carboxylic acids is 1. The molecule has 2 aliphatic heterocycles. The first kappa shape index (κ1) is 14.2. The maximum Gasteiger partial charge on any atom is 0.325 e. The maximum atomic E-state index is 12.6. The molecule has 1 aromatic carbocycles. The Balaban J connectivity index is 2.02. The van der Waals surface area contributed by atoms with Crippen molar-refractivity contribution in [2.45, 2.75) is 31.9 Å². The predicted molar refractivity (Wildman–Crippen MR) is 79.4 cm³/mol. The fraction of sp³-hybridized carbons (Fsp3) is 0.467. The number of carbonyl (C=O) groups is 1. The van der Waals surface area contributed by atoms with Gasteiger partial charge in [0.1, 0.15) is 6.07 Å². The monoisotopic (exact) mass is 305 g/mol. The molecular weight excluding hydrogens is 290 g/mol. The molecule has 0 bridgehead atoms. The number of aliphatic hydroxyl groups is 1. The zero-order valence-corrected chi connectivity index (χ0v) is 12.7. The summed E-state index contributed by atoms with van der Waals surface area (Å²) in [6.07, 6.45) is 0.101. The van der Waals surface area contributed by atoms with Crippen LogP contribution in [0.4, 0.5) is 10.5 Å². The van der Waals surface area contributed by atoms with Gasteiger partial charge in [0.2, 0.25) is 0 Å². The van der Waals surface area contributed by atoms with E-state index in [0.717, 1.165) is 0 Å². The Labute approximate surface area is 128 Å². The van der Waals surface area contributed by atoms with Gasteiger partial charge in [-0.05, 0) is 38.0 Å². The van der Waals surface area contributed by atoms with Gasteiger partial charge in [0.05, 0.1) is 28.8 Å². The van der Waals surface area contributed by atoms with E-state index in [1.165, 1.54) is 0 Å². The van der Waals surface area contributed by atoms with Crippen molar-refractivity contribution in [1.82, 2.24) is 4.90 Å². The third-order valence-corrected chi connectivity index (χ3v) is 5.16.